The topological polar surface area (TPSA) is 51.5 Å². The first-order chi connectivity index (χ1) is 14.9. The molecule has 166 valence electrons. The zero-order valence-corrected chi connectivity index (χ0v) is 19.6. The largest absolute Gasteiger partial charge is 0.380 e. The summed E-state index contributed by atoms with van der Waals surface area (Å²) < 4.78 is 35.9. The minimum absolute atomic E-state index is 0.311. The maximum Gasteiger partial charge on any atom is 0.243 e. The molecule has 0 saturated carbocycles. The first-order valence-electron chi connectivity index (χ1n) is 10.8. The lowest BCUT2D eigenvalue weighted by atomic mass is 9.90. The van der Waals surface area contributed by atoms with Crippen LogP contribution in [-0.4, -0.2) is 43.6 Å². The molecule has 0 bridgehead atoms. The van der Waals surface area contributed by atoms with E-state index in [1.165, 1.54) is 16.5 Å². The van der Waals surface area contributed by atoms with Gasteiger partial charge in [-0.25, -0.2) is 8.42 Å². The monoisotopic (exact) mass is 460 g/mol. The van der Waals surface area contributed by atoms with Crippen LogP contribution >= 0.6 is 11.6 Å². The predicted molar refractivity (Wildman–Crippen MR) is 125 cm³/mol. The lowest BCUT2D eigenvalue weighted by molar-refractivity contribution is 0.140. The van der Waals surface area contributed by atoms with E-state index in [1.807, 2.05) is 6.92 Å². The van der Waals surface area contributed by atoms with Gasteiger partial charge < -0.3 is 9.30 Å². The number of aromatic nitrogens is 1. The molecular formula is C24H29ClN2O3S. The molecule has 1 fully saturated rings. The van der Waals surface area contributed by atoms with Gasteiger partial charge in [-0.2, -0.15) is 4.31 Å². The molecular weight excluding hydrogens is 432 g/mol. The summed E-state index contributed by atoms with van der Waals surface area (Å²) in [7, 11) is -3.55. The number of ether oxygens (including phenoxy) is 1. The molecule has 31 heavy (non-hydrogen) atoms. The van der Waals surface area contributed by atoms with E-state index in [2.05, 4.69) is 35.0 Å². The molecule has 1 saturated heterocycles. The number of halogens is 1. The highest BCUT2D eigenvalue weighted by Gasteiger charge is 2.32. The van der Waals surface area contributed by atoms with Crippen molar-refractivity contribution < 1.29 is 13.2 Å². The van der Waals surface area contributed by atoms with Gasteiger partial charge in [0.2, 0.25) is 10.0 Å². The quantitative estimate of drug-likeness (QED) is 0.455. The standard InChI is InChI=1S/C24H29ClN2O3S/c1-3-30-16-15-26-17-21(20-7-4-5-9-23(20)26)19-11-13-27(14-12-19)31(28,29)24-10-6-8-22(25)18(24)2/h4-10,17,19H,3,11-16H2,1-2H3. The van der Waals surface area contributed by atoms with E-state index in [4.69, 9.17) is 16.3 Å². The molecule has 0 spiro atoms. The van der Waals surface area contributed by atoms with Crippen LogP contribution < -0.4 is 0 Å². The molecule has 0 aliphatic carbocycles. The second-order valence-corrected chi connectivity index (χ2v) is 10.3. The third-order valence-electron chi connectivity index (χ3n) is 6.23. The van der Waals surface area contributed by atoms with Crippen LogP contribution in [0.4, 0.5) is 0 Å². The van der Waals surface area contributed by atoms with Crippen molar-refractivity contribution in [3.63, 3.8) is 0 Å². The van der Waals surface area contributed by atoms with Crippen LogP contribution in [0.5, 0.6) is 0 Å². The maximum atomic E-state index is 13.2. The van der Waals surface area contributed by atoms with Crippen molar-refractivity contribution in [2.45, 2.75) is 44.0 Å². The molecule has 1 aromatic heterocycles. The third-order valence-corrected chi connectivity index (χ3v) is 8.68. The summed E-state index contributed by atoms with van der Waals surface area (Å²) in [4.78, 5) is 0.311. The van der Waals surface area contributed by atoms with Crippen LogP contribution in [0, 0.1) is 6.92 Å². The van der Waals surface area contributed by atoms with Crippen molar-refractivity contribution in [2.75, 3.05) is 26.3 Å². The second kappa shape index (κ2) is 9.33. The molecule has 0 atom stereocenters. The van der Waals surface area contributed by atoms with Crippen molar-refractivity contribution in [3.8, 4) is 0 Å². The van der Waals surface area contributed by atoms with Crippen molar-refractivity contribution >= 4 is 32.5 Å². The van der Waals surface area contributed by atoms with Crippen molar-refractivity contribution in [1.82, 2.24) is 8.87 Å². The minimum Gasteiger partial charge on any atom is -0.380 e. The summed E-state index contributed by atoms with van der Waals surface area (Å²) in [6, 6.07) is 13.5. The number of para-hydroxylation sites is 1. The fourth-order valence-electron chi connectivity index (χ4n) is 4.51. The average molecular weight is 461 g/mol. The summed E-state index contributed by atoms with van der Waals surface area (Å²) >= 11 is 6.17. The molecule has 7 heteroatoms. The van der Waals surface area contributed by atoms with Crippen molar-refractivity contribution in [2.24, 2.45) is 0 Å². The first-order valence-corrected chi connectivity index (χ1v) is 12.7. The number of benzene rings is 2. The van der Waals surface area contributed by atoms with Gasteiger partial charge in [0.05, 0.1) is 11.5 Å². The first kappa shape index (κ1) is 22.3. The van der Waals surface area contributed by atoms with E-state index in [1.54, 1.807) is 29.4 Å². The molecule has 1 aliphatic rings. The molecule has 2 heterocycles. The number of piperidine rings is 1. The highest BCUT2D eigenvalue weighted by atomic mass is 35.5. The van der Waals surface area contributed by atoms with Crippen molar-refractivity contribution in [1.29, 1.82) is 0 Å². The van der Waals surface area contributed by atoms with Gasteiger partial charge in [0.25, 0.3) is 0 Å². The van der Waals surface area contributed by atoms with E-state index in [-0.39, 0.29) is 0 Å². The van der Waals surface area contributed by atoms with Gasteiger partial charge in [0.1, 0.15) is 0 Å². The highest BCUT2D eigenvalue weighted by Crippen LogP contribution is 2.36. The fourth-order valence-corrected chi connectivity index (χ4v) is 6.45. The van der Waals surface area contributed by atoms with Crippen LogP contribution in [0.25, 0.3) is 10.9 Å². The number of nitrogens with zero attached hydrogens (tertiary/aromatic N) is 2. The van der Waals surface area contributed by atoms with E-state index < -0.39 is 10.0 Å². The Kier molecular flexibility index (Phi) is 6.72. The summed E-state index contributed by atoms with van der Waals surface area (Å²) in [5.74, 6) is 0.338. The predicted octanol–water partition coefficient (Wildman–Crippen LogP) is 5.21. The highest BCUT2D eigenvalue weighted by molar-refractivity contribution is 7.89. The van der Waals surface area contributed by atoms with Gasteiger partial charge in [0, 0.05) is 48.4 Å². The average Bonchev–Trinajstić information content (AvgIpc) is 3.14. The van der Waals surface area contributed by atoms with Crippen LogP contribution in [0.3, 0.4) is 0 Å². The lowest BCUT2D eigenvalue weighted by Crippen LogP contribution is -2.38. The van der Waals surface area contributed by atoms with Gasteiger partial charge in [0.15, 0.2) is 0 Å². The Balaban J connectivity index is 1.54. The minimum atomic E-state index is -3.55. The van der Waals surface area contributed by atoms with E-state index in [9.17, 15) is 8.42 Å². The molecule has 5 nitrogen and oxygen atoms in total. The molecule has 0 unspecified atom stereocenters. The van der Waals surface area contributed by atoms with E-state index in [0.29, 0.717) is 47.7 Å². The maximum absolute atomic E-state index is 13.2. The molecule has 4 rings (SSSR count). The number of hydrogen-bond donors (Lipinski definition) is 0. The zero-order chi connectivity index (χ0) is 22.0. The SMILES string of the molecule is CCOCCn1cc(C2CCN(S(=O)(=O)c3cccc(Cl)c3C)CC2)c2ccccc21. The van der Waals surface area contributed by atoms with Crippen molar-refractivity contribution in [3.05, 3.63) is 64.8 Å². The Bertz CT molecular complexity index is 1160. The van der Waals surface area contributed by atoms with Crippen LogP contribution in [0.15, 0.2) is 53.6 Å². The molecule has 0 N–H and O–H groups in total. The Hall–Kier alpha value is -1.86. The van der Waals surface area contributed by atoms with Gasteiger partial charge in [-0.1, -0.05) is 35.9 Å². The Morgan fingerprint density at radius 2 is 1.84 bits per heavy atom. The van der Waals surface area contributed by atoms with Crippen LogP contribution in [0.2, 0.25) is 5.02 Å². The van der Waals surface area contributed by atoms with Gasteiger partial charge in [-0.3, -0.25) is 0 Å². The molecule has 0 radical (unpaired) electrons. The normalized spacial score (nSPS) is 16.2. The summed E-state index contributed by atoms with van der Waals surface area (Å²) in [5.41, 5.74) is 3.13. The number of hydrogen-bond acceptors (Lipinski definition) is 3. The summed E-state index contributed by atoms with van der Waals surface area (Å²) in [5, 5.41) is 1.74. The Labute approximate surface area is 189 Å². The molecule has 3 aromatic rings. The third kappa shape index (κ3) is 4.40. The number of sulfonamides is 1. The van der Waals surface area contributed by atoms with Crippen LogP contribution in [0.1, 0.15) is 36.8 Å². The molecule has 1 aliphatic heterocycles. The second-order valence-electron chi connectivity index (χ2n) is 8.03. The zero-order valence-electron chi connectivity index (χ0n) is 18.1. The molecule has 2 aromatic carbocycles. The Morgan fingerprint density at radius 3 is 2.58 bits per heavy atom. The van der Waals surface area contributed by atoms with Gasteiger partial charge >= 0.3 is 0 Å². The Morgan fingerprint density at radius 1 is 1.10 bits per heavy atom. The summed E-state index contributed by atoms with van der Waals surface area (Å²) in [6.07, 6.45) is 3.84. The fraction of sp³-hybridized carbons (Fsp3) is 0.417. The smallest absolute Gasteiger partial charge is 0.243 e. The molecule has 0 amide bonds. The van der Waals surface area contributed by atoms with Crippen LogP contribution in [-0.2, 0) is 21.3 Å². The van der Waals surface area contributed by atoms with Gasteiger partial charge in [-0.15, -0.1) is 0 Å². The lowest BCUT2D eigenvalue weighted by Gasteiger charge is -2.31. The van der Waals surface area contributed by atoms with E-state index >= 15 is 0 Å². The summed E-state index contributed by atoms with van der Waals surface area (Å²) in [6.45, 7) is 7.00. The number of fused-ring (bicyclic) bond motifs is 1. The number of rotatable bonds is 7. The van der Waals surface area contributed by atoms with E-state index in [0.717, 1.165) is 19.4 Å². The van der Waals surface area contributed by atoms with Gasteiger partial charge in [-0.05, 0) is 61.9 Å².